The highest BCUT2D eigenvalue weighted by Gasteiger charge is 2.40. The summed E-state index contributed by atoms with van der Waals surface area (Å²) in [4.78, 5) is 11.4. The highest BCUT2D eigenvalue weighted by molar-refractivity contribution is 7.07. The second kappa shape index (κ2) is 3.97. The number of amides is 1. The van der Waals surface area contributed by atoms with Gasteiger partial charge in [0.1, 0.15) is 0 Å². The minimum absolute atomic E-state index is 0.00183. The highest BCUT2D eigenvalue weighted by Crippen LogP contribution is 2.32. The Bertz CT molecular complexity index is 345. The Labute approximate surface area is 94.7 Å². The molecule has 2 rings (SSSR count). The van der Waals surface area contributed by atoms with Crippen molar-refractivity contribution in [3.05, 3.63) is 22.4 Å². The van der Waals surface area contributed by atoms with Gasteiger partial charge in [-0.3, -0.25) is 4.79 Å². The van der Waals surface area contributed by atoms with Gasteiger partial charge >= 0.3 is 0 Å². The van der Waals surface area contributed by atoms with Gasteiger partial charge in [0.15, 0.2) is 0 Å². The van der Waals surface area contributed by atoms with Gasteiger partial charge in [-0.25, -0.2) is 0 Å². The minimum atomic E-state index is -0.00183. The fraction of sp³-hybridized carbons (Fsp3) is 0.583. The third-order valence-electron chi connectivity index (χ3n) is 3.39. The van der Waals surface area contributed by atoms with Crippen molar-refractivity contribution in [2.45, 2.75) is 38.6 Å². The Kier molecular flexibility index (Phi) is 2.83. The topological polar surface area (TPSA) is 29.1 Å². The van der Waals surface area contributed by atoms with E-state index >= 15 is 0 Å². The first kappa shape index (κ1) is 10.7. The normalized spacial score (nSPS) is 25.9. The number of thiophene rings is 1. The van der Waals surface area contributed by atoms with Crippen LogP contribution >= 0.6 is 11.3 Å². The zero-order valence-electron chi connectivity index (χ0n) is 9.25. The summed E-state index contributed by atoms with van der Waals surface area (Å²) in [5, 5.41) is 7.44. The maximum atomic E-state index is 11.4. The predicted molar refractivity (Wildman–Crippen MR) is 63.0 cm³/mol. The Morgan fingerprint density at radius 2 is 2.40 bits per heavy atom. The second-order valence-corrected chi connectivity index (χ2v) is 5.45. The van der Waals surface area contributed by atoms with Crippen LogP contribution in [0.15, 0.2) is 16.8 Å². The number of carbonyl (C=O) groups is 1. The molecule has 1 atom stereocenters. The van der Waals surface area contributed by atoms with Gasteiger partial charge in [-0.2, -0.15) is 11.3 Å². The Balaban J connectivity index is 2.17. The minimum Gasteiger partial charge on any atom is -0.350 e. The van der Waals surface area contributed by atoms with Crippen molar-refractivity contribution < 1.29 is 4.79 Å². The highest BCUT2D eigenvalue weighted by atomic mass is 32.1. The molecule has 2 nitrogen and oxygen atoms in total. The Morgan fingerprint density at radius 1 is 1.60 bits per heavy atom. The summed E-state index contributed by atoms with van der Waals surface area (Å²) in [5.74, 6) is 0.697. The van der Waals surface area contributed by atoms with E-state index in [1.165, 1.54) is 5.56 Å². The van der Waals surface area contributed by atoms with Crippen LogP contribution in [-0.2, 0) is 11.2 Å². The van der Waals surface area contributed by atoms with Gasteiger partial charge in [0.2, 0.25) is 5.91 Å². The summed E-state index contributed by atoms with van der Waals surface area (Å²) in [6, 6.07) is 2.15. The lowest BCUT2D eigenvalue weighted by Crippen LogP contribution is -2.48. The van der Waals surface area contributed by atoms with Gasteiger partial charge < -0.3 is 5.32 Å². The van der Waals surface area contributed by atoms with Crippen molar-refractivity contribution in [1.82, 2.24) is 5.32 Å². The summed E-state index contributed by atoms with van der Waals surface area (Å²) in [5.41, 5.74) is 1.34. The zero-order chi connectivity index (χ0) is 10.9. The number of nitrogens with one attached hydrogen (secondary N) is 1. The summed E-state index contributed by atoms with van der Waals surface area (Å²) < 4.78 is 0. The lowest BCUT2D eigenvalue weighted by atomic mass is 9.80. The van der Waals surface area contributed by atoms with Crippen molar-refractivity contribution >= 4 is 17.2 Å². The Hall–Kier alpha value is -0.830. The van der Waals surface area contributed by atoms with E-state index in [0.29, 0.717) is 12.3 Å². The average Bonchev–Trinajstić information content (AvgIpc) is 2.77. The average molecular weight is 223 g/mol. The van der Waals surface area contributed by atoms with Gasteiger partial charge in [-0.05, 0) is 41.1 Å². The summed E-state index contributed by atoms with van der Waals surface area (Å²) in [7, 11) is 0. The molecule has 0 saturated carbocycles. The zero-order valence-corrected chi connectivity index (χ0v) is 10.1. The van der Waals surface area contributed by atoms with E-state index in [0.717, 1.165) is 12.8 Å². The van der Waals surface area contributed by atoms with Crippen LogP contribution in [0.3, 0.4) is 0 Å². The van der Waals surface area contributed by atoms with Crippen molar-refractivity contribution in [2.24, 2.45) is 5.92 Å². The molecule has 1 aliphatic rings. The third-order valence-corrected chi connectivity index (χ3v) is 4.12. The largest absolute Gasteiger partial charge is 0.350 e. The lowest BCUT2D eigenvalue weighted by molar-refractivity contribution is -0.120. The molecule has 1 amide bonds. The molecule has 1 aliphatic heterocycles. The fourth-order valence-electron chi connectivity index (χ4n) is 2.27. The van der Waals surface area contributed by atoms with Gasteiger partial charge in [-0.1, -0.05) is 13.8 Å². The van der Waals surface area contributed by atoms with E-state index < -0.39 is 0 Å². The molecule has 1 saturated heterocycles. The van der Waals surface area contributed by atoms with Crippen molar-refractivity contribution in [1.29, 1.82) is 0 Å². The van der Waals surface area contributed by atoms with E-state index in [2.05, 4.69) is 36.0 Å². The molecular formula is C12H17NOS. The van der Waals surface area contributed by atoms with Crippen LogP contribution in [0, 0.1) is 5.92 Å². The van der Waals surface area contributed by atoms with Crippen LogP contribution in [0.5, 0.6) is 0 Å². The number of rotatable bonds is 3. The number of hydrogen-bond acceptors (Lipinski definition) is 2. The molecule has 0 bridgehead atoms. The van der Waals surface area contributed by atoms with E-state index in [1.807, 2.05) is 0 Å². The van der Waals surface area contributed by atoms with Gasteiger partial charge in [0.05, 0.1) is 0 Å². The maximum Gasteiger partial charge on any atom is 0.220 e. The molecule has 82 valence electrons. The molecule has 0 spiro atoms. The van der Waals surface area contributed by atoms with Crippen molar-refractivity contribution in [3.8, 4) is 0 Å². The standard InChI is InChI=1S/C12H17NOS/c1-9(2)12(5-3-11(14)13-12)7-10-4-6-15-8-10/h4,6,8-9H,3,5,7H2,1-2H3,(H,13,14). The lowest BCUT2D eigenvalue weighted by Gasteiger charge is -2.33. The monoisotopic (exact) mass is 223 g/mol. The van der Waals surface area contributed by atoms with E-state index in [9.17, 15) is 4.79 Å². The van der Waals surface area contributed by atoms with E-state index in [-0.39, 0.29) is 11.4 Å². The van der Waals surface area contributed by atoms with Gasteiger partial charge in [-0.15, -0.1) is 0 Å². The third kappa shape index (κ3) is 2.07. The fourth-order valence-corrected chi connectivity index (χ4v) is 2.94. The van der Waals surface area contributed by atoms with Gasteiger partial charge in [0.25, 0.3) is 0 Å². The van der Waals surface area contributed by atoms with Gasteiger partial charge in [0, 0.05) is 12.0 Å². The smallest absolute Gasteiger partial charge is 0.220 e. The molecule has 1 unspecified atom stereocenters. The first-order chi connectivity index (χ1) is 7.12. The van der Waals surface area contributed by atoms with Crippen LogP contribution in [0.4, 0.5) is 0 Å². The summed E-state index contributed by atoms with van der Waals surface area (Å²) >= 11 is 1.72. The van der Waals surface area contributed by atoms with E-state index in [4.69, 9.17) is 0 Å². The molecule has 1 fully saturated rings. The first-order valence-corrected chi connectivity index (χ1v) is 6.39. The number of hydrogen-bond donors (Lipinski definition) is 1. The van der Waals surface area contributed by atoms with Crippen LogP contribution in [0.25, 0.3) is 0 Å². The molecule has 1 aromatic rings. The van der Waals surface area contributed by atoms with Crippen molar-refractivity contribution in [2.75, 3.05) is 0 Å². The summed E-state index contributed by atoms with van der Waals surface area (Å²) in [6.45, 7) is 4.38. The molecule has 0 aromatic carbocycles. The van der Waals surface area contributed by atoms with Crippen molar-refractivity contribution in [3.63, 3.8) is 0 Å². The first-order valence-electron chi connectivity index (χ1n) is 5.44. The molecule has 15 heavy (non-hydrogen) atoms. The molecule has 1 aromatic heterocycles. The van der Waals surface area contributed by atoms with Crippen LogP contribution in [0.1, 0.15) is 32.3 Å². The van der Waals surface area contributed by atoms with E-state index in [1.54, 1.807) is 11.3 Å². The predicted octanol–water partition coefficient (Wildman–Crippen LogP) is 2.60. The molecule has 0 radical (unpaired) electrons. The second-order valence-electron chi connectivity index (χ2n) is 4.67. The molecule has 0 aliphatic carbocycles. The quantitative estimate of drug-likeness (QED) is 0.838. The number of carbonyl (C=O) groups excluding carboxylic acids is 1. The Morgan fingerprint density at radius 3 is 2.87 bits per heavy atom. The van der Waals surface area contributed by atoms with Crippen LogP contribution in [-0.4, -0.2) is 11.4 Å². The SMILES string of the molecule is CC(C)C1(Cc2ccsc2)CCC(=O)N1. The molecular weight excluding hydrogens is 206 g/mol. The summed E-state index contributed by atoms with van der Waals surface area (Å²) in [6.07, 6.45) is 2.63. The molecule has 2 heterocycles. The van der Waals surface area contributed by atoms with Crippen LogP contribution < -0.4 is 5.32 Å². The maximum absolute atomic E-state index is 11.4. The molecule has 3 heteroatoms. The van der Waals surface area contributed by atoms with Crippen LogP contribution in [0.2, 0.25) is 0 Å². The molecule has 1 N–H and O–H groups in total.